The van der Waals surface area contributed by atoms with Gasteiger partial charge in [0.15, 0.2) is 11.3 Å². The van der Waals surface area contributed by atoms with Crippen LogP contribution in [-0.2, 0) is 4.74 Å². The third-order valence-corrected chi connectivity index (χ3v) is 3.92. The van der Waals surface area contributed by atoms with Crippen LogP contribution in [0.4, 0.5) is 0 Å². The second kappa shape index (κ2) is 5.22. The second-order valence-corrected chi connectivity index (χ2v) is 5.67. The minimum absolute atomic E-state index is 0.245. The highest BCUT2D eigenvalue weighted by Crippen LogP contribution is 2.30. The molecule has 0 aliphatic heterocycles. The summed E-state index contributed by atoms with van der Waals surface area (Å²) in [5.41, 5.74) is 1.67. The molecule has 0 amide bonds. The molecule has 0 aromatic carbocycles. The molecule has 0 unspecified atom stereocenters. The zero-order chi connectivity index (χ0) is 14.1. The van der Waals surface area contributed by atoms with Gasteiger partial charge in [0.05, 0.1) is 21.5 Å². The first-order chi connectivity index (χ1) is 9.69. The van der Waals surface area contributed by atoms with E-state index >= 15 is 0 Å². The molecule has 3 heterocycles. The molecule has 0 radical (unpaired) electrons. The number of esters is 1. The van der Waals surface area contributed by atoms with Gasteiger partial charge in [-0.3, -0.25) is 0 Å². The zero-order valence-corrected chi connectivity index (χ0v) is 12.1. The maximum atomic E-state index is 11.7. The predicted molar refractivity (Wildman–Crippen MR) is 77.3 cm³/mol. The number of fused-ring (bicyclic) bond motifs is 1. The van der Waals surface area contributed by atoms with E-state index in [0.717, 1.165) is 10.6 Å². The summed E-state index contributed by atoms with van der Waals surface area (Å²) < 4.78 is 7.26. The number of ether oxygens (including phenoxy) is 1. The fourth-order valence-electron chi connectivity index (χ4n) is 1.84. The molecule has 3 rings (SSSR count). The first kappa shape index (κ1) is 13.1. The molecule has 20 heavy (non-hydrogen) atoms. The number of carbonyl (C=O) groups is 1. The summed E-state index contributed by atoms with van der Waals surface area (Å²) in [6, 6.07) is 7.17. The van der Waals surface area contributed by atoms with Crippen LogP contribution < -0.4 is 0 Å². The zero-order valence-electron chi connectivity index (χ0n) is 10.5. The largest absolute Gasteiger partial charge is 0.461 e. The Labute approximate surface area is 123 Å². The molecule has 5 nitrogen and oxygen atoms in total. The number of rotatable bonds is 3. The summed E-state index contributed by atoms with van der Waals surface area (Å²) in [4.78, 5) is 16.9. The number of halogens is 1. The molecule has 0 atom stereocenters. The quantitative estimate of drug-likeness (QED) is 0.697. The summed E-state index contributed by atoms with van der Waals surface area (Å²) in [6.45, 7) is 2.07. The Morgan fingerprint density at radius 1 is 1.45 bits per heavy atom. The molecule has 0 spiro atoms. The average molecular weight is 308 g/mol. The van der Waals surface area contributed by atoms with Crippen molar-refractivity contribution >= 4 is 34.6 Å². The van der Waals surface area contributed by atoms with Crippen LogP contribution in [-0.4, -0.2) is 27.2 Å². The lowest BCUT2D eigenvalue weighted by atomic mass is 10.3. The Bertz CT molecular complexity index is 781. The monoisotopic (exact) mass is 307 g/mol. The predicted octanol–water partition coefficient (Wildman–Crippen LogP) is 3.29. The van der Waals surface area contributed by atoms with Gasteiger partial charge < -0.3 is 4.74 Å². The first-order valence-electron chi connectivity index (χ1n) is 5.96. The van der Waals surface area contributed by atoms with Crippen LogP contribution in [0.2, 0.25) is 4.34 Å². The lowest BCUT2D eigenvalue weighted by Crippen LogP contribution is -2.05. The summed E-state index contributed by atoms with van der Waals surface area (Å²) in [5.74, 6) is -0.451. The van der Waals surface area contributed by atoms with Crippen LogP contribution >= 0.6 is 22.9 Å². The van der Waals surface area contributed by atoms with Gasteiger partial charge in [0, 0.05) is 12.3 Å². The van der Waals surface area contributed by atoms with E-state index in [-0.39, 0.29) is 5.69 Å². The second-order valence-electron chi connectivity index (χ2n) is 3.95. The first-order valence-corrected chi connectivity index (χ1v) is 7.16. The van der Waals surface area contributed by atoms with E-state index in [9.17, 15) is 4.79 Å². The van der Waals surface area contributed by atoms with Gasteiger partial charge in [-0.25, -0.2) is 14.3 Å². The van der Waals surface area contributed by atoms with E-state index in [0.29, 0.717) is 16.6 Å². The van der Waals surface area contributed by atoms with Gasteiger partial charge in [-0.15, -0.1) is 11.3 Å². The number of aromatic nitrogens is 3. The molecule has 3 aromatic heterocycles. The van der Waals surface area contributed by atoms with Crippen molar-refractivity contribution < 1.29 is 9.53 Å². The van der Waals surface area contributed by atoms with Gasteiger partial charge in [-0.1, -0.05) is 11.6 Å². The molecule has 0 saturated heterocycles. The maximum Gasteiger partial charge on any atom is 0.358 e. The van der Waals surface area contributed by atoms with Crippen LogP contribution in [0.25, 0.3) is 16.2 Å². The molecule has 0 N–H and O–H groups in total. The van der Waals surface area contributed by atoms with Crippen molar-refractivity contribution in [1.82, 2.24) is 14.6 Å². The van der Waals surface area contributed by atoms with E-state index in [2.05, 4.69) is 10.1 Å². The fourth-order valence-corrected chi connectivity index (χ4v) is 2.89. The van der Waals surface area contributed by atoms with Crippen molar-refractivity contribution in [2.75, 3.05) is 6.61 Å². The van der Waals surface area contributed by atoms with E-state index in [1.807, 2.05) is 18.2 Å². The third kappa shape index (κ3) is 2.28. The van der Waals surface area contributed by atoms with Crippen LogP contribution in [0.1, 0.15) is 17.4 Å². The van der Waals surface area contributed by atoms with Crippen molar-refractivity contribution in [3.63, 3.8) is 0 Å². The van der Waals surface area contributed by atoms with Gasteiger partial charge in [-0.05, 0) is 25.1 Å². The molecular weight excluding hydrogens is 298 g/mol. The van der Waals surface area contributed by atoms with Gasteiger partial charge in [0.2, 0.25) is 0 Å². The number of hydrogen-bond acceptors (Lipinski definition) is 5. The van der Waals surface area contributed by atoms with Gasteiger partial charge in [0.25, 0.3) is 0 Å². The molecule has 7 heteroatoms. The molecule has 0 bridgehead atoms. The van der Waals surface area contributed by atoms with Gasteiger partial charge >= 0.3 is 5.97 Å². The number of nitrogens with zero attached hydrogens (tertiary/aromatic N) is 3. The van der Waals surface area contributed by atoms with E-state index < -0.39 is 5.97 Å². The van der Waals surface area contributed by atoms with E-state index in [4.69, 9.17) is 16.3 Å². The van der Waals surface area contributed by atoms with Crippen molar-refractivity contribution in [2.45, 2.75) is 6.92 Å². The molecule has 102 valence electrons. The molecule has 3 aromatic rings. The highest BCUT2D eigenvalue weighted by Gasteiger charge is 2.15. The lowest BCUT2D eigenvalue weighted by molar-refractivity contribution is 0.0519. The summed E-state index contributed by atoms with van der Waals surface area (Å²) in [7, 11) is 0. The fraction of sp³-hybridized carbons (Fsp3) is 0.154. The Balaban J connectivity index is 2.12. The topological polar surface area (TPSA) is 56.5 Å². The molecule has 0 fully saturated rings. The molecule has 0 aliphatic rings. The minimum atomic E-state index is -0.451. The Kier molecular flexibility index (Phi) is 3.42. The molecular formula is C13H10ClN3O2S. The number of hydrogen-bond donors (Lipinski definition) is 0. The maximum absolute atomic E-state index is 11.7. The minimum Gasteiger partial charge on any atom is -0.461 e. The Morgan fingerprint density at radius 3 is 3.00 bits per heavy atom. The number of thiophene rings is 1. The average Bonchev–Trinajstić information content (AvgIpc) is 3.04. The molecule has 0 saturated carbocycles. The standard InChI is InChI=1S/C13H10ClN3O2S/c1-2-19-13(18)8-7-12-15-6-5-9(17(12)16-8)10-3-4-11(14)20-10/h3-7H,2H2,1H3. The van der Waals surface area contributed by atoms with Crippen LogP contribution in [0.5, 0.6) is 0 Å². The smallest absolute Gasteiger partial charge is 0.358 e. The summed E-state index contributed by atoms with van der Waals surface area (Å²) >= 11 is 7.40. The van der Waals surface area contributed by atoms with Crippen LogP contribution in [0, 0.1) is 0 Å². The normalized spacial score (nSPS) is 10.9. The highest BCUT2D eigenvalue weighted by atomic mass is 35.5. The Hall–Kier alpha value is -1.92. The number of carbonyl (C=O) groups excluding carboxylic acids is 1. The molecule has 0 aliphatic carbocycles. The van der Waals surface area contributed by atoms with E-state index in [1.165, 1.54) is 11.3 Å². The SMILES string of the molecule is CCOC(=O)c1cc2nccc(-c3ccc(Cl)s3)n2n1. The van der Waals surface area contributed by atoms with Crippen LogP contribution in [0.3, 0.4) is 0 Å². The Morgan fingerprint density at radius 2 is 2.30 bits per heavy atom. The third-order valence-electron chi connectivity index (χ3n) is 2.67. The van der Waals surface area contributed by atoms with E-state index in [1.54, 1.807) is 23.7 Å². The summed E-state index contributed by atoms with van der Waals surface area (Å²) in [5, 5.41) is 4.26. The highest BCUT2D eigenvalue weighted by molar-refractivity contribution is 7.19. The van der Waals surface area contributed by atoms with Crippen molar-refractivity contribution in [3.8, 4) is 10.6 Å². The lowest BCUT2D eigenvalue weighted by Gasteiger charge is -2.00. The van der Waals surface area contributed by atoms with Crippen molar-refractivity contribution in [1.29, 1.82) is 0 Å². The van der Waals surface area contributed by atoms with Crippen LogP contribution in [0.15, 0.2) is 30.5 Å². The summed E-state index contributed by atoms with van der Waals surface area (Å²) in [6.07, 6.45) is 1.68. The van der Waals surface area contributed by atoms with Crippen molar-refractivity contribution in [2.24, 2.45) is 0 Å². The van der Waals surface area contributed by atoms with Gasteiger partial charge in [0.1, 0.15) is 0 Å². The van der Waals surface area contributed by atoms with Crippen molar-refractivity contribution in [3.05, 3.63) is 40.5 Å². The van der Waals surface area contributed by atoms with Gasteiger partial charge in [-0.2, -0.15) is 5.10 Å².